The number of rotatable bonds is 11. The Labute approximate surface area is 181 Å². The normalized spacial score (nSPS) is 25.0. The van der Waals surface area contributed by atoms with Gasteiger partial charge in [0.1, 0.15) is 0 Å². The second kappa shape index (κ2) is 12.6. The second-order valence-electron chi connectivity index (χ2n) is 10.2. The molecule has 1 unspecified atom stereocenters. The molecule has 3 rings (SSSR count). The first-order valence-corrected chi connectivity index (χ1v) is 13.1. The summed E-state index contributed by atoms with van der Waals surface area (Å²) in [6, 6.07) is 9.70. The van der Waals surface area contributed by atoms with Crippen LogP contribution in [0.15, 0.2) is 30.3 Å². The molecule has 0 bridgehead atoms. The van der Waals surface area contributed by atoms with Crippen LogP contribution in [0.5, 0.6) is 0 Å². The predicted molar refractivity (Wildman–Crippen MR) is 129 cm³/mol. The maximum Gasteiger partial charge on any atom is -0.0162 e. The van der Waals surface area contributed by atoms with Crippen molar-refractivity contribution in [2.45, 2.75) is 122 Å². The molecule has 0 aromatic heterocycles. The molecule has 0 radical (unpaired) electrons. The minimum atomic E-state index is 0.816. The first-order valence-electron chi connectivity index (χ1n) is 13.1. The topological polar surface area (TPSA) is 0 Å². The molecule has 0 N–H and O–H groups in total. The number of hydrogen-bond acceptors (Lipinski definition) is 0. The monoisotopic (exact) mass is 394 g/mol. The summed E-state index contributed by atoms with van der Waals surface area (Å²) in [6.07, 6.45) is 25.2. The molecule has 0 spiro atoms. The van der Waals surface area contributed by atoms with Crippen molar-refractivity contribution in [3.8, 4) is 0 Å². The maximum absolute atomic E-state index is 2.57. The Morgan fingerprint density at radius 1 is 0.759 bits per heavy atom. The third-order valence-electron chi connectivity index (χ3n) is 7.75. The summed E-state index contributed by atoms with van der Waals surface area (Å²) >= 11 is 0. The van der Waals surface area contributed by atoms with E-state index < -0.39 is 0 Å². The summed E-state index contributed by atoms with van der Waals surface area (Å²) in [6.45, 7) is 4.72. The van der Waals surface area contributed by atoms with Crippen LogP contribution < -0.4 is 0 Å². The summed E-state index contributed by atoms with van der Waals surface area (Å²) in [5.41, 5.74) is 4.69. The quantitative estimate of drug-likeness (QED) is 0.328. The fourth-order valence-electron chi connectivity index (χ4n) is 5.54. The van der Waals surface area contributed by atoms with Crippen LogP contribution in [0.1, 0.15) is 134 Å². The zero-order valence-electron chi connectivity index (χ0n) is 19.4. The number of allylic oxidation sites excluding steroid dienone is 2. The van der Waals surface area contributed by atoms with Crippen LogP contribution in [0.3, 0.4) is 0 Å². The second-order valence-corrected chi connectivity index (χ2v) is 10.2. The van der Waals surface area contributed by atoms with Gasteiger partial charge in [0.05, 0.1) is 0 Å². The van der Waals surface area contributed by atoms with Crippen molar-refractivity contribution < 1.29 is 0 Å². The van der Waals surface area contributed by atoms with Gasteiger partial charge in [-0.2, -0.15) is 0 Å². The fraction of sp³-hybridized carbons (Fsp3) is 0.724. The Morgan fingerprint density at radius 3 is 2.03 bits per heavy atom. The minimum Gasteiger partial charge on any atom is -0.0804 e. The number of unbranched alkanes of at least 4 members (excludes halogenated alkanes) is 7. The lowest BCUT2D eigenvalue weighted by atomic mass is 9.79. The molecule has 0 aliphatic heterocycles. The van der Waals surface area contributed by atoms with E-state index in [1.807, 2.05) is 0 Å². The van der Waals surface area contributed by atoms with Crippen molar-refractivity contribution in [1.82, 2.24) is 0 Å². The Balaban J connectivity index is 1.35. The van der Waals surface area contributed by atoms with E-state index in [4.69, 9.17) is 0 Å². The lowest BCUT2D eigenvalue weighted by molar-refractivity contribution is 0.348. The minimum absolute atomic E-state index is 0.816. The average molecular weight is 395 g/mol. The van der Waals surface area contributed by atoms with Gasteiger partial charge in [0, 0.05) is 0 Å². The fourth-order valence-corrected chi connectivity index (χ4v) is 5.54. The molecule has 29 heavy (non-hydrogen) atoms. The Morgan fingerprint density at radius 2 is 1.41 bits per heavy atom. The van der Waals surface area contributed by atoms with Crippen LogP contribution in [0.2, 0.25) is 0 Å². The smallest absolute Gasteiger partial charge is 0.0162 e. The van der Waals surface area contributed by atoms with Crippen molar-refractivity contribution in [2.24, 2.45) is 11.8 Å². The van der Waals surface area contributed by atoms with Gasteiger partial charge in [-0.15, -0.1) is 0 Å². The van der Waals surface area contributed by atoms with Gasteiger partial charge in [-0.05, 0) is 66.6 Å². The molecule has 162 valence electrons. The third-order valence-corrected chi connectivity index (χ3v) is 7.75. The standard InChI is InChI=1S/C29H46/c1-3-4-5-6-7-8-9-10-11-25-14-18-27(19-15-25)29-22-20-28(21-23-29)26-16-12-24(2)13-17-26/h18,20-26H,3-17,19H2,1-2H3/t24-,25?,26-. The van der Waals surface area contributed by atoms with Crippen molar-refractivity contribution in [3.63, 3.8) is 0 Å². The van der Waals surface area contributed by atoms with E-state index in [1.165, 1.54) is 108 Å². The van der Waals surface area contributed by atoms with Crippen molar-refractivity contribution >= 4 is 5.57 Å². The van der Waals surface area contributed by atoms with E-state index in [2.05, 4.69) is 44.2 Å². The highest BCUT2D eigenvalue weighted by Gasteiger charge is 2.20. The molecule has 2 aliphatic carbocycles. The molecule has 1 saturated carbocycles. The maximum atomic E-state index is 2.57. The van der Waals surface area contributed by atoms with Gasteiger partial charge < -0.3 is 0 Å². The number of hydrogen-bond donors (Lipinski definition) is 0. The third kappa shape index (κ3) is 7.62. The lowest BCUT2D eigenvalue weighted by Crippen LogP contribution is -2.10. The van der Waals surface area contributed by atoms with Crippen LogP contribution in [0.25, 0.3) is 5.57 Å². The molecule has 0 heterocycles. The van der Waals surface area contributed by atoms with Gasteiger partial charge in [-0.3, -0.25) is 0 Å². The van der Waals surface area contributed by atoms with Crippen LogP contribution >= 0.6 is 0 Å². The van der Waals surface area contributed by atoms with Gasteiger partial charge in [-0.1, -0.05) is 115 Å². The molecule has 1 aromatic carbocycles. The van der Waals surface area contributed by atoms with Crippen LogP contribution in [-0.4, -0.2) is 0 Å². The largest absolute Gasteiger partial charge is 0.0804 e. The van der Waals surface area contributed by atoms with Crippen molar-refractivity contribution in [3.05, 3.63) is 41.5 Å². The van der Waals surface area contributed by atoms with E-state index >= 15 is 0 Å². The predicted octanol–water partition coefficient (Wildman–Crippen LogP) is 9.69. The molecular weight excluding hydrogens is 348 g/mol. The first-order chi connectivity index (χ1) is 14.3. The molecule has 0 nitrogen and oxygen atoms in total. The van der Waals surface area contributed by atoms with Gasteiger partial charge in [0.2, 0.25) is 0 Å². The van der Waals surface area contributed by atoms with Gasteiger partial charge >= 0.3 is 0 Å². The lowest BCUT2D eigenvalue weighted by Gasteiger charge is -2.27. The van der Waals surface area contributed by atoms with Crippen LogP contribution in [-0.2, 0) is 0 Å². The van der Waals surface area contributed by atoms with Crippen molar-refractivity contribution in [1.29, 1.82) is 0 Å². The van der Waals surface area contributed by atoms with Gasteiger partial charge in [-0.25, -0.2) is 0 Å². The highest BCUT2D eigenvalue weighted by atomic mass is 14.3. The van der Waals surface area contributed by atoms with E-state index in [1.54, 1.807) is 11.1 Å². The Kier molecular flexibility index (Phi) is 9.84. The van der Waals surface area contributed by atoms with E-state index in [0.29, 0.717) is 0 Å². The zero-order chi connectivity index (χ0) is 20.3. The molecule has 1 aromatic rings. The zero-order valence-corrected chi connectivity index (χ0v) is 19.4. The number of benzene rings is 1. The highest BCUT2D eigenvalue weighted by molar-refractivity contribution is 5.66. The summed E-state index contributed by atoms with van der Waals surface area (Å²) in [7, 11) is 0. The van der Waals surface area contributed by atoms with E-state index in [-0.39, 0.29) is 0 Å². The molecule has 0 amide bonds. The molecule has 1 fully saturated rings. The van der Waals surface area contributed by atoms with Gasteiger partial charge in [0.25, 0.3) is 0 Å². The summed E-state index contributed by atoms with van der Waals surface area (Å²) in [5.74, 6) is 2.70. The molecular formula is C29H46. The first kappa shape index (κ1) is 22.6. The van der Waals surface area contributed by atoms with E-state index in [9.17, 15) is 0 Å². The molecule has 0 saturated heterocycles. The highest BCUT2D eigenvalue weighted by Crippen LogP contribution is 2.37. The Hall–Kier alpha value is -1.04. The molecule has 0 heteroatoms. The average Bonchev–Trinajstić information content (AvgIpc) is 2.77. The van der Waals surface area contributed by atoms with Crippen molar-refractivity contribution in [2.75, 3.05) is 0 Å². The Bertz CT molecular complexity index is 585. The summed E-state index contributed by atoms with van der Waals surface area (Å²) in [5, 5.41) is 0. The summed E-state index contributed by atoms with van der Waals surface area (Å²) in [4.78, 5) is 0. The van der Waals surface area contributed by atoms with Crippen LogP contribution in [0.4, 0.5) is 0 Å². The molecule has 1 atom stereocenters. The van der Waals surface area contributed by atoms with Gasteiger partial charge in [0.15, 0.2) is 0 Å². The SMILES string of the molecule is CCCCCCCCCCC1CC=C(c2ccc([C@H]3CC[C@H](C)CC3)cc2)CC1. The molecule has 2 aliphatic rings. The summed E-state index contributed by atoms with van der Waals surface area (Å²) < 4.78 is 0. The van der Waals surface area contributed by atoms with Crippen LogP contribution in [0, 0.1) is 11.8 Å². The van der Waals surface area contributed by atoms with E-state index in [0.717, 1.165) is 17.8 Å².